The highest BCUT2D eigenvalue weighted by Gasteiger charge is 2.25. The first-order valence-corrected chi connectivity index (χ1v) is 4.79. The van der Waals surface area contributed by atoms with E-state index in [1.165, 1.54) is 12.2 Å². The summed E-state index contributed by atoms with van der Waals surface area (Å²) in [5, 5.41) is 0.616. The van der Waals surface area contributed by atoms with E-state index in [0.29, 0.717) is 10.7 Å². The number of hydrogen-bond donors (Lipinski definition) is 0. The number of imide groups is 1. The predicted molar refractivity (Wildman–Crippen MR) is 57.8 cm³/mol. The SMILES string of the molecule is Cc1cc(N2C(=O)C=CC2=O)ccc1Cl. The van der Waals surface area contributed by atoms with Crippen LogP contribution in [0.25, 0.3) is 0 Å². The number of hydrogen-bond acceptors (Lipinski definition) is 2. The van der Waals surface area contributed by atoms with Crippen molar-refractivity contribution in [2.75, 3.05) is 4.90 Å². The minimum Gasteiger partial charge on any atom is -0.269 e. The molecule has 0 radical (unpaired) electrons. The van der Waals surface area contributed by atoms with Crippen molar-refractivity contribution in [3.8, 4) is 0 Å². The summed E-state index contributed by atoms with van der Waals surface area (Å²) < 4.78 is 0. The van der Waals surface area contributed by atoms with Gasteiger partial charge >= 0.3 is 0 Å². The molecule has 1 heterocycles. The molecule has 0 saturated heterocycles. The van der Waals surface area contributed by atoms with E-state index < -0.39 is 0 Å². The third kappa shape index (κ3) is 1.66. The first-order valence-electron chi connectivity index (χ1n) is 4.42. The number of benzene rings is 1. The fourth-order valence-electron chi connectivity index (χ4n) is 1.42. The van der Waals surface area contributed by atoms with Crippen LogP contribution in [0.5, 0.6) is 0 Å². The summed E-state index contributed by atoms with van der Waals surface area (Å²) in [5.41, 5.74) is 1.39. The monoisotopic (exact) mass is 221 g/mol. The van der Waals surface area contributed by atoms with Gasteiger partial charge in [0.05, 0.1) is 5.69 Å². The standard InChI is InChI=1S/C11H8ClNO2/c1-7-6-8(2-3-9(7)12)13-10(14)4-5-11(13)15/h2-6H,1H3. The van der Waals surface area contributed by atoms with Crippen molar-refractivity contribution in [1.82, 2.24) is 0 Å². The summed E-state index contributed by atoms with van der Waals surface area (Å²) >= 11 is 5.86. The first-order chi connectivity index (χ1) is 7.09. The molecule has 1 aliphatic heterocycles. The molecule has 0 bridgehead atoms. The van der Waals surface area contributed by atoms with E-state index in [-0.39, 0.29) is 11.8 Å². The number of nitrogens with zero attached hydrogens (tertiary/aromatic N) is 1. The van der Waals surface area contributed by atoms with Gasteiger partial charge in [-0.15, -0.1) is 0 Å². The van der Waals surface area contributed by atoms with Crippen LogP contribution < -0.4 is 4.90 Å². The predicted octanol–water partition coefficient (Wildman–Crippen LogP) is 2.08. The fourth-order valence-corrected chi connectivity index (χ4v) is 1.54. The van der Waals surface area contributed by atoms with Crippen LogP contribution in [0.2, 0.25) is 5.02 Å². The van der Waals surface area contributed by atoms with Gasteiger partial charge in [0.1, 0.15) is 0 Å². The number of halogens is 1. The summed E-state index contributed by atoms with van der Waals surface area (Å²) in [6, 6.07) is 5.04. The summed E-state index contributed by atoms with van der Waals surface area (Å²) in [7, 11) is 0. The number of rotatable bonds is 1. The summed E-state index contributed by atoms with van der Waals surface area (Å²) in [5.74, 6) is -0.636. The molecule has 1 aromatic carbocycles. The Morgan fingerprint density at radius 2 is 1.73 bits per heavy atom. The number of carbonyl (C=O) groups excluding carboxylic acids is 2. The quantitative estimate of drug-likeness (QED) is 0.681. The third-order valence-electron chi connectivity index (χ3n) is 2.21. The Labute approximate surface area is 91.9 Å². The maximum Gasteiger partial charge on any atom is 0.258 e. The Bertz CT molecular complexity index is 461. The number of carbonyl (C=O) groups is 2. The van der Waals surface area contributed by atoms with Crippen molar-refractivity contribution >= 4 is 29.1 Å². The Morgan fingerprint density at radius 3 is 2.27 bits per heavy atom. The minimum absolute atomic E-state index is 0.318. The van der Waals surface area contributed by atoms with Gasteiger partial charge in [0.25, 0.3) is 11.8 Å². The van der Waals surface area contributed by atoms with Gasteiger partial charge in [-0.3, -0.25) is 9.59 Å². The molecule has 0 atom stereocenters. The second-order valence-corrected chi connectivity index (χ2v) is 3.69. The molecule has 15 heavy (non-hydrogen) atoms. The molecule has 0 aliphatic carbocycles. The summed E-state index contributed by atoms with van der Waals surface area (Å²) in [6.45, 7) is 1.82. The molecule has 76 valence electrons. The zero-order valence-corrected chi connectivity index (χ0v) is 8.78. The Balaban J connectivity index is 2.42. The minimum atomic E-state index is -0.318. The van der Waals surface area contributed by atoms with Crippen LogP contribution in [0.4, 0.5) is 5.69 Å². The fraction of sp³-hybridized carbons (Fsp3) is 0.0909. The molecule has 0 fully saturated rings. The smallest absolute Gasteiger partial charge is 0.258 e. The Morgan fingerprint density at radius 1 is 1.13 bits per heavy atom. The highest BCUT2D eigenvalue weighted by molar-refractivity contribution is 6.32. The molecule has 2 amide bonds. The maximum absolute atomic E-state index is 11.4. The summed E-state index contributed by atoms with van der Waals surface area (Å²) in [4.78, 5) is 23.8. The van der Waals surface area contributed by atoms with E-state index >= 15 is 0 Å². The lowest BCUT2D eigenvalue weighted by Gasteiger charge is -2.14. The molecule has 0 spiro atoms. The number of aryl methyl sites for hydroxylation is 1. The van der Waals surface area contributed by atoms with E-state index in [9.17, 15) is 9.59 Å². The van der Waals surface area contributed by atoms with Gasteiger partial charge in [-0.1, -0.05) is 11.6 Å². The van der Waals surface area contributed by atoms with Crippen LogP contribution in [0.15, 0.2) is 30.4 Å². The molecule has 4 heteroatoms. The van der Waals surface area contributed by atoms with Crippen LogP contribution in [-0.4, -0.2) is 11.8 Å². The van der Waals surface area contributed by atoms with Gasteiger partial charge in [0, 0.05) is 17.2 Å². The largest absolute Gasteiger partial charge is 0.269 e. The molecule has 0 unspecified atom stereocenters. The lowest BCUT2D eigenvalue weighted by molar-refractivity contribution is -0.119. The number of anilines is 1. The van der Waals surface area contributed by atoms with Gasteiger partial charge in [-0.05, 0) is 30.7 Å². The van der Waals surface area contributed by atoms with Crippen LogP contribution >= 0.6 is 11.6 Å². The van der Waals surface area contributed by atoms with Crippen molar-refractivity contribution in [3.63, 3.8) is 0 Å². The van der Waals surface area contributed by atoms with E-state index in [2.05, 4.69) is 0 Å². The van der Waals surface area contributed by atoms with Crippen molar-refractivity contribution in [3.05, 3.63) is 40.9 Å². The van der Waals surface area contributed by atoms with Crippen LogP contribution in [0.3, 0.4) is 0 Å². The van der Waals surface area contributed by atoms with Crippen molar-refractivity contribution < 1.29 is 9.59 Å². The topological polar surface area (TPSA) is 37.4 Å². The zero-order chi connectivity index (χ0) is 11.0. The summed E-state index contributed by atoms with van der Waals surface area (Å²) in [6.07, 6.45) is 2.51. The van der Waals surface area contributed by atoms with Crippen LogP contribution in [0, 0.1) is 6.92 Å². The maximum atomic E-state index is 11.4. The van der Waals surface area contributed by atoms with Crippen molar-refractivity contribution in [2.24, 2.45) is 0 Å². The molecule has 0 saturated carbocycles. The molecule has 3 nitrogen and oxygen atoms in total. The molecule has 0 aromatic heterocycles. The molecule has 1 aliphatic rings. The van der Waals surface area contributed by atoms with Gasteiger partial charge in [-0.2, -0.15) is 0 Å². The van der Waals surface area contributed by atoms with E-state index in [0.717, 1.165) is 10.5 Å². The van der Waals surface area contributed by atoms with Crippen molar-refractivity contribution in [1.29, 1.82) is 0 Å². The molecule has 1 aromatic rings. The first kappa shape index (κ1) is 9.93. The van der Waals surface area contributed by atoms with Gasteiger partial charge < -0.3 is 0 Å². The second kappa shape index (κ2) is 3.51. The van der Waals surface area contributed by atoms with E-state index in [1.54, 1.807) is 18.2 Å². The highest BCUT2D eigenvalue weighted by atomic mass is 35.5. The van der Waals surface area contributed by atoms with Gasteiger partial charge in [0.2, 0.25) is 0 Å². The van der Waals surface area contributed by atoms with Crippen LogP contribution in [-0.2, 0) is 9.59 Å². The normalized spacial score (nSPS) is 15.2. The Kier molecular flexibility index (Phi) is 2.32. The third-order valence-corrected chi connectivity index (χ3v) is 2.63. The highest BCUT2D eigenvalue weighted by Crippen LogP contribution is 2.24. The molecule has 2 rings (SSSR count). The molecular formula is C11H8ClNO2. The average Bonchev–Trinajstić information content (AvgIpc) is 2.52. The molecule has 0 N–H and O–H groups in total. The van der Waals surface area contributed by atoms with Gasteiger partial charge in [-0.25, -0.2) is 4.90 Å². The van der Waals surface area contributed by atoms with Crippen molar-refractivity contribution in [2.45, 2.75) is 6.92 Å². The van der Waals surface area contributed by atoms with Crippen LogP contribution in [0.1, 0.15) is 5.56 Å². The lowest BCUT2D eigenvalue weighted by Crippen LogP contribution is -2.29. The Hall–Kier alpha value is -1.61. The zero-order valence-electron chi connectivity index (χ0n) is 8.03. The number of amides is 2. The second-order valence-electron chi connectivity index (χ2n) is 3.28. The van der Waals surface area contributed by atoms with E-state index in [4.69, 9.17) is 11.6 Å². The molecular weight excluding hydrogens is 214 g/mol. The lowest BCUT2D eigenvalue weighted by atomic mass is 10.2. The van der Waals surface area contributed by atoms with Gasteiger partial charge in [0.15, 0.2) is 0 Å². The van der Waals surface area contributed by atoms with E-state index in [1.807, 2.05) is 6.92 Å². The average molecular weight is 222 g/mol.